The highest BCUT2D eigenvalue weighted by Crippen LogP contribution is 2.25. The molecule has 1 aliphatic heterocycles. The predicted molar refractivity (Wildman–Crippen MR) is 302 cm³/mol. The summed E-state index contributed by atoms with van der Waals surface area (Å²) >= 11 is 0. The summed E-state index contributed by atoms with van der Waals surface area (Å²) in [5.41, 5.74) is -1.12. The molecule has 1 aliphatic rings. The molecule has 1 atom stereocenters. The zero-order valence-corrected chi connectivity index (χ0v) is 47.1. The lowest BCUT2D eigenvalue weighted by molar-refractivity contribution is -0.155. The molecule has 0 aliphatic carbocycles. The van der Waals surface area contributed by atoms with Crippen LogP contribution in [0.3, 0.4) is 0 Å². The molecule has 0 aromatic rings. The van der Waals surface area contributed by atoms with Gasteiger partial charge in [-0.3, -0.25) is 9.59 Å². The molecule has 0 saturated carbocycles. The van der Waals surface area contributed by atoms with Crippen LogP contribution in [0.1, 0.15) is 347 Å². The van der Waals surface area contributed by atoms with E-state index >= 15 is 0 Å². The number of hydrogen-bond acceptors (Lipinski definition) is 6. The van der Waals surface area contributed by atoms with Gasteiger partial charge in [0.1, 0.15) is 13.2 Å². The first-order valence-electron chi connectivity index (χ1n) is 31.8. The van der Waals surface area contributed by atoms with Crippen LogP contribution < -0.4 is 0 Å². The first-order valence-corrected chi connectivity index (χ1v) is 31.8. The van der Waals surface area contributed by atoms with Crippen molar-refractivity contribution in [3.63, 3.8) is 0 Å². The number of esters is 2. The van der Waals surface area contributed by atoms with Crippen LogP contribution in [0, 0.1) is 11.3 Å². The molecule has 2 N–H and O–H groups in total. The molecule has 1 rings (SSSR count). The molecule has 0 aromatic carbocycles. The van der Waals surface area contributed by atoms with Gasteiger partial charge in [-0.1, -0.05) is 321 Å². The lowest BCUT2D eigenvalue weighted by Gasteiger charge is -2.27. The van der Waals surface area contributed by atoms with Crippen molar-refractivity contribution in [3.05, 3.63) is 12.2 Å². The number of unbranched alkanes of at least 4 members (excludes halogenated alkanes) is 49. The second-order valence-electron chi connectivity index (χ2n) is 22.8. The van der Waals surface area contributed by atoms with E-state index < -0.39 is 36.5 Å². The first-order chi connectivity index (χ1) is 34.6. The van der Waals surface area contributed by atoms with E-state index in [4.69, 9.17) is 9.47 Å². The van der Waals surface area contributed by atoms with Gasteiger partial charge in [-0.2, -0.15) is 0 Å². The Bertz CT molecular complexity index is 1100. The molecule has 0 bridgehead atoms. The Morgan fingerprint density at radius 1 is 0.371 bits per heavy atom. The summed E-state index contributed by atoms with van der Waals surface area (Å²) < 4.78 is 10.6. The molecule has 1 saturated heterocycles. The second-order valence-corrected chi connectivity index (χ2v) is 22.8. The number of cyclic esters (lactones) is 2. The van der Waals surface area contributed by atoms with Crippen LogP contribution in [0.15, 0.2) is 12.2 Å². The fraction of sp³-hybridized carbons (Fsp3) is 0.938. The summed E-state index contributed by atoms with van der Waals surface area (Å²) in [5.74, 6) is -1.40. The highest BCUT2D eigenvalue weighted by molar-refractivity contribution is 5.80. The molecule has 0 radical (unpaired) electrons. The Labute approximate surface area is 436 Å². The molecule has 0 amide bonds. The van der Waals surface area contributed by atoms with E-state index in [1.165, 1.54) is 308 Å². The van der Waals surface area contributed by atoms with Crippen LogP contribution in [0.5, 0.6) is 0 Å². The summed E-state index contributed by atoms with van der Waals surface area (Å²) in [4.78, 5) is 24.7. The standard InChI is InChI=1S/C64H122O6/c1-2-3-4-5-6-7-8-9-10-11-12-13-14-15-16-17-18-19-20-21-22-23-24-25-26-27-28-29-30-31-32-33-34-35-36-37-38-39-40-41-42-43-44-45-46-47-48-49-50-51-52-53-54-55-61-56-62(67)69-59-64(57-65,58-66)60-70-63(61)68/h16-17,61,65-66H,2-15,18-60H2,1H3/b17-16+. The Balaban J connectivity index is 1.68. The zero-order valence-electron chi connectivity index (χ0n) is 47.1. The number of aliphatic hydroxyl groups excluding tert-OH is 2. The molecular weight excluding hydrogens is 865 g/mol. The Kier molecular flexibility index (Phi) is 51.3. The highest BCUT2D eigenvalue weighted by Gasteiger charge is 2.36. The van der Waals surface area contributed by atoms with Crippen LogP contribution in [-0.4, -0.2) is 48.6 Å². The molecule has 1 fully saturated rings. The third kappa shape index (κ3) is 45.2. The van der Waals surface area contributed by atoms with Gasteiger partial charge in [0.15, 0.2) is 0 Å². The predicted octanol–water partition coefficient (Wildman–Crippen LogP) is 19.9. The van der Waals surface area contributed by atoms with Gasteiger partial charge in [-0.25, -0.2) is 0 Å². The Morgan fingerprint density at radius 2 is 0.614 bits per heavy atom. The quantitative estimate of drug-likeness (QED) is 0.0358. The normalized spacial score (nSPS) is 15.3. The molecule has 0 spiro atoms. The first kappa shape index (κ1) is 66.6. The van der Waals surface area contributed by atoms with Gasteiger partial charge in [0, 0.05) is 0 Å². The van der Waals surface area contributed by atoms with Crippen molar-refractivity contribution >= 4 is 11.9 Å². The van der Waals surface area contributed by atoms with Gasteiger partial charge in [0.05, 0.1) is 31.0 Å². The van der Waals surface area contributed by atoms with Crippen LogP contribution >= 0.6 is 0 Å². The summed E-state index contributed by atoms with van der Waals surface area (Å²) in [6.07, 6.45) is 77.2. The van der Waals surface area contributed by atoms with E-state index in [2.05, 4.69) is 19.1 Å². The minimum absolute atomic E-state index is 0.00499. The summed E-state index contributed by atoms with van der Waals surface area (Å²) in [6.45, 7) is 1.21. The van der Waals surface area contributed by atoms with Crippen molar-refractivity contribution in [1.82, 2.24) is 0 Å². The van der Waals surface area contributed by atoms with Crippen LogP contribution in [-0.2, 0) is 19.1 Å². The van der Waals surface area contributed by atoms with Crippen molar-refractivity contribution < 1.29 is 29.3 Å². The zero-order chi connectivity index (χ0) is 50.4. The van der Waals surface area contributed by atoms with E-state index in [-0.39, 0.29) is 19.6 Å². The molecule has 414 valence electrons. The Hall–Kier alpha value is -1.40. The number of rotatable bonds is 55. The molecule has 6 heteroatoms. The van der Waals surface area contributed by atoms with Crippen LogP contribution in [0.4, 0.5) is 0 Å². The SMILES string of the molecule is CCCCCCCCCCCCCCC/C=C/CCCCCCCCCCCCCCCCCCCCCCCCCCCCCCCCCCCCCCC1CC(=O)OCC(CO)(CO)COC1=O. The summed E-state index contributed by atoms with van der Waals surface area (Å²) in [7, 11) is 0. The molecule has 6 nitrogen and oxygen atoms in total. The summed E-state index contributed by atoms with van der Waals surface area (Å²) in [6, 6.07) is 0. The lowest BCUT2D eigenvalue weighted by atomic mass is 9.92. The van der Waals surface area contributed by atoms with Crippen molar-refractivity contribution in [2.45, 2.75) is 347 Å². The van der Waals surface area contributed by atoms with E-state index in [0.717, 1.165) is 19.3 Å². The monoisotopic (exact) mass is 987 g/mol. The number of carbonyl (C=O) groups is 2. The average Bonchev–Trinajstić information content (AvgIpc) is 3.43. The van der Waals surface area contributed by atoms with Crippen molar-refractivity contribution in [3.8, 4) is 0 Å². The molecular formula is C64H122O6. The van der Waals surface area contributed by atoms with E-state index in [1.54, 1.807) is 0 Å². The lowest BCUT2D eigenvalue weighted by Crippen LogP contribution is -2.40. The fourth-order valence-corrected chi connectivity index (χ4v) is 10.6. The largest absolute Gasteiger partial charge is 0.465 e. The van der Waals surface area contributed by atoms with Crippen molar-refractivity contribution in [2.75, 3.05) is 26.4 Å². The molecule has 1 heterocycles. The van der Waals surface area contributed by atoms with Gasteiger partial charge < -0.3 is 19.7 Å². The van der Waals surface area contributed by atoms with Crippen molar-refractivity contribution in [1.29, 1.82) is 0 Å². The van der Waals surface area contributed by atoms with Gasteiger partial charge in [0.25, 0.3) is 0 Å². The number of aliphatic hydroxyl groups is 2. The third-order valence-corrected chi connectivity index (χ3v) is 15.8. The van der Waals surface area contributed by atoms with Gasteiger partial charge in [0.2, 0.25) is 0 Å². The van der Waals surface area contributed by atoms with Crippen molar-refractivity contribution in [2.24, 2.45) is 11.3 Å². The van der Waals surface area contributed by atoms with Gasteiger partial charge in [-0.05, 0) is 32.1 Å². The van der Waals surface area contributed by atoms with E-state index in [9.17, 15) is 19.8 Å². The Morgan fingerprint density at radius 3 is 0.886 bits per heavy atom. The number of hydrogen-bond donors (Lipinski definition) is 2. The highest BCUT2D eigenvalue weighted by atomic mass is 16.6. The smallest absolute Gasteiger partial charge is 0.309 e. The number of allylic oxidation sites excluding steroid dienone is 2. The fourth-order valence-electron chi connectivity index (χ4n) is 10.6. The second kappa shape index (κ2) is 53.9. The molecule has 70 heavy (non-hydrogen) atoms. The van der Waals surface area contributed by atoms with E-state index in [1.807, 2.05) is 0 Å². The van der Waals surface area contributed by atoms with Gasteiger partial charge in [-0.15, -0.1) is 0 Å². The van der Waals surface area contributed by atoms with Crippen LogP contribution in [0.25, 0.3) is 0 Å². The minimum Gasteiger partial charge on any atom is -0.465 e. The van der Waals surface area contributed by atoms with E-state index in [0.29, 0.717) is 6.42 Å². The maximum atomic E-state index is 12.5. The minimum atomic E-state index is -1.12. The number of ether oxygens (including phenoxy) is 2. The average molecular weight is 988 g/mol. The molecule has 0 aromatic heterocycles. The maximum absolute atomic E-state index is 12.5. The molecule has 1 unspecified atom stereocenters. The topological polar surface area (TPSA) is 93.1 Å². The van der Waals surface area contributed by atoms with Gasteiger partial charge >= 0.3 is 11.9 Å². The third-order valence-electron chi connectivity index (χ3n) is 15.8. The maximum Gasteiger partial charge on any atom is 0.309 e. The summed E-state index contributed by atoms with van der Waals surface area (Å²) in [5, 5.41) is 19.2. The van der Waals surface area contributed by atoms with Crippen LogP contribution in [0.2, 0.25) is 0 Å². The number of carbonyl (C=O) groups excluding carboxylic acids is 2.